The van der Waals surface area contributed by atoms with Crippen LogP contribution in [-0.2, 0) is 11.2 Å². The molecule has 0 aliphatic rings. The van der Waals surface area contributed by atoms with E-state index in [0.717, 1.165) is 40.6 Å². The molecule has 4 aromatic rings. The molecule has 4 aromatic carbocycles. The summed E-state index contributed by atoms with van der Waals surface area (Å²) in [5.41, 5.74) is 1.37. The molecule has 0 bridgehead atoms. The summed E-state index contributed by atoms with van der Waals surface area (Å²) in [6.07, 6.45) is 2.91. The van der Waals surface area contributed by atoms with Crippen molar-refractivity contribution in [3.05, 3.63) is 113 Å². The maximum atomic E-state index is 13.9. The van der Waals surface area contributed by atoms with Crippen molar-refractivity contribution >= 4 is 34.4 Å². The summed E-state index contributed by atoms with van der Waals surface area (Å²) in [5, 5.41) is 13.6. The summed E-state index contributed by atoms with van der Waals surface area (Å²) in [6, 6.07) is 21.3. The number of anilines is 1. The summed E-state index contributed by atoms with van der Waals surface area (Å²) in [7, 11) is 0. The second-order valence-corrected chi connectivity index (χ2v) is 7.78. The fourth-order valence-electron chi connectivity index (χ4n) is 3.56. The molecule has 0 spiro atoms. The number of carboxylic acids is 1. The number of halogens is 2. The number of hydrogen-bond acceptors (Lipinski definition) is 3. The first kappa shape index (κ1) is 23.6. The van der Waals surface area contributed by atoms with Gasteiger partial charge in [0.05, 0.1) is 12.3 Å². The van der Waals surface area contributed by atoms with E-state index in [4.69, 9.17) is 9.84 Å². The Hall–Kier alpha value is -4.52. The van der Waals surface area contributed by atoms with E-state index >= 15 is 0 Å². The second kappa shape index (κ2) is 10.6. The van der Waals surface area contributed by atoms with Crippen molar-refractivity contribution in [3.63, 3.8) is 0 Å². The predicted octanol–water partition coefficient (Wildman–Crippen LogP) is 6.09. The molecule has 0 aliphatic carbocycles. The van der Waals surface area contributed by atoms with Crippen LogP contribution in [0, 0.1) is 11.6 Å². The van der Waals surface area contributed by atoms with Crippen molar-refractivity contribution in [2.24, 2.45) is 0 Å². The first-order chi connectivity index (χ1) is 16.9. The Bertz CT molecular complexity index is 1430. The molecule has 0 heterocycles. The zero-order valence-electron chi connectivity index (χ0n) is 18.5. The van der Waals surface area contributed by atoms with E-state index in [0.29, 0.717) is 12.0 Å². The average molecular weight is 473 g/mol. The number of fused-ring (bicyclic) bond motifs is 1. The van der Waals surface area contributed by atoms with Crippen molar-refractivity contribution in [2.75, 3.05) is 11.9 Å². The number of benzene rings is 4. The normalized spacial score (nSPS) is 11.0. The summed E-state index contributed by atoms with van der Waals surface area (Å²) in [5.74, 6) is -2.96. The highest BCUT2D eigenvalue weighted by molar-refractivity contribution is 6.04. The van der Waals surface area contributed by atoms with E-state index in [2.05, 4.69) is 11.4 Å². The molecule has 2 N–H and O–H groups in total. The molecule has 0 unspecified atom stereocenters. The number of carbonyl (C=O) groups excluding carboxylic acids is 1. The quantitative estimate of drug-likeness (QED) is 0.304. The van der Waals surface area contributed by atoms with E-state index in [-0.39, 0.29) is 23.6 Å². The van der Waals surface area contributed by atoms with Crippen LogP contribution < -0.4 is 10.1 Å². The third-order valence-corrected chi connectivity index (χ3v) is 5.32. The monoisotopic (exact) mass is 473 g/mol. The van der Waals surface area contributed by atoms with Crippen LogP contribution in [0.2, 0.25) is 0 Å². The fraction of sp³-hybridized carbons (Fsp3) is 0.0714. The van der Waals surface area contributed by atoms with Gasteiger partial charge in [0, 0.05) is 29.7 Å². The molecular weight excluding hydrogens is 452 g/mol. The Morgan fingerprint density at radius 2 is 1.71 bits per heavy atom. The highest BCUT2D eigenvalue weighted by Gasteiger charge is 2.13. The summed E-state index contributed by atoms with van der Waals surface area (Å²) < 4.78 is 33.3. The van der Waals surface area contributed by atoms with E-state index in [1.165, 1.54) is 24.3 Å². The number of amides is 1. The predicted molar refractivity (Wildman–Crippen MR) is 131 cm³/mol. The Kier molecular flexibility index (Phi) is 7.16. The lowest BCUT2D eigenvalue weighted by atomic mass is 10.1. The maximum absolute atomic E-state index is 13.9. The molecule has 0 saturated carbocycles. The van der Waals surface area contributed by atoms with Crippen molar-refractivity contribution in [1.82, 2.24) is 0 Å². The average Bonchev–Trinajstić information content (AvgIpc) is 2.85. The zero-order chi connectivity index (χ0) is 24.8. The van der Waals surface area contributed by atoms with Crippen LogP contribution in [0.3, 0.4) is 0 Å². The third-order valence-electron chi connectivity index (χ3n) is 5.32. The van der Waals surface area contributed by atoms with Crippen LogP contribution in [0.25, 0.3) is 16.8 Å². The minimum atomic E-state index is -1.13. The van der Waals surface area contributed by atoms with E-state index in [9.17, 15) is 18.4 Å². The van der Waals surface area contributed by atoms with Gasteiger partial charge in [-0.3, -0.25) is 4.79 Å². The number of ether oxygens (including phenoxy) is 1. The highest BCUT2D eigenvalue weighted by Crippen LogP contribution is 2.24. The minimum Gasteiger partial charge on any atom is -0.493 e. The minimum absolute atomic E-state index is 0.141. The topological polar surface area (TPSA) is 75.6 Å². The van der Waals surface area contributed by atoms with Gasteiger partial charge in [-0.05, 0) is 46.7 Å². The van der Waals surface area contributed by atoms with Gasteiger partial charge in [0.15, 0.2) is 0 Å². The van der Waals surface area contributed by atoms with Gasteiger partial charge in [-0.2, -0.15) is 0 Å². The molecule has 0 aliphatic heterocycles. The lowest BCUT2D eigenvalue weighted by Crippen LogP contribution is -2.14. The molecule has 35 heavy (non-hydrogen) atoms. The molecule has 176 valence electrons. The van der Waals surface area contributed by atoms with Crippen LogP contribution in [0.4, 0.5) is 14.5 Å². The van der Waals surface area contributed by atoms with Crippen molar-refractivity contribution in [3.8, 4) is 5.75 Å². The highest BCUT2D eigenvalue weighted by atomic mass is 19.1. The lowest BCUT2D eigenvalue weighted by Gasteiger charge is -2.12. The number of aliphatic carboxylic acids is 1. The second-order valence-electron chi connectivity index (χ2n) is 7.78. The Morgan fingerprint density at radius 3 is 2.51 bits per heavy atom. The summed E-state index contributed by atoms with van der Waals surface area (Å²) in [4.78, 5) is 23.6. The van der Waals surface area contributed by atoms with Gasteiger partial charge in [0.2, 0.25) is 0 Å². The molecular formula is C28H21F2NO4. The van der Waals surface area contributed by atoms with Gasteiger partial charge in [0.25, 0.3) is 5.91 Å². The van der Waals surface area contributed by atoms with Crippen molar-refractivity contribution in [2.45, 2.75) is 6.42 Å². The SMILES string of the molecule is O=C(O)/C=C/c1ccc(C(=O)Nc2cc(F)ccc2F)cc1OCCc1ccc2ccccc2c1. The zero-order valence-corrected chi connectivity index (χ0v) is 18.5. The first-order valence-electron chi connectivity index (χ1n) is 10.8. The van der Waals surface area contributed by atoms with Crippen LogP contribution >= 0.6 is 0 Å². The number of rotatable bonds is 8. The molecule has 0 atom stereocenters. The van der Waals surface area contributed by atoms with Crippen molar-refractivity contribution in [1.29, 1.82) is 0 Å². The van der Waals surface area contributed by atoms with Crippen molar-refractivity contribution < 1.29 is 28.2 Å². The lowest BCUT2D eigenvalue weighted by molar-refractivity contribution is -0.131. The Labute approximate surface area is 200 Å². The third kappa shape index (κ3) is 6.09. The largest absolute Gasteiger partial charge is 0.493 e. The molecule has 0 radical (unpaired) electrons. The van der Waals surface area contributed by atoms with Crippen LogP contribution in [0.5, 0.6) is 5.75 Å². The standard InChI is InChI=1S/C28H21F2NO4/c29-23-10-11-24(30)25(17-23)31-28(34)22-8-7-20(9-12-27(32)33)26(16-22)35-14-13-18-5-6-19-3-1-2-4-21(19)15-18/h1-12,15-17H,13-14H2,(H,31,34)(H,32,33)/b12-9+. The van der Waals surface area contributed by atoms with Gasteiger partial charge in [-0.15, -0.1) is 0 Å². The van der Waals surface area contributed by atoms with Gasteiger partial charge in [-0.1, -0.05) is 48.5 Å². The van der Waals surface area contributed by atoms with Crippen LogP contribution in [0.15, 0.2) is 84.9 Å². The molecule has 0 aromatic heterocycles. The van der Waals surface area contributed by atoms with Gasteiger partial charge in [0.1, 0.15) is 17.4 Å². The number of nitrogens with one attached hydrogen (secondary N) is 1. The molecule has 1 amide bonds. The van der Waals surface area contributed by atoms with Gasteiger partial charge < -0.3 is 15.2 Å². The number of carboxylic acid groups (broad SMARTS) is 1. The van der Waals surface area contributed by atoms with E-state index < -0.39 is 23.5 Å². The van der Waals surface area contributed by atoms with E-state index in [1.54, 1.807) is 0 Å². The first-order valence-corrected chi connectivity index (χ1v) is 10.8. The Balaban J connectivity index is 1.53. The smallest absolute Gasteiger partial charge is 0.328 e. The molecule has 7 heteroatoms. The molecule has 5 nitrogen and oxygen atoms in total. The van der Waals surface area contributed by atoms with Gasteiger partial charge in [-0.25, -0.2) is 13.6 Å². The van der Waals surface area contributed by atoms with Crippen LogP contribution in [-0.4, -0.2) is 23.6 Å². The molecule has 0 fully saturated rings. The van der Waals surface area contributed by atoms with Crippen LogP contribution in [0.1, 0.15) is 21.5 Å². The maximum Gasteiger partial charge on any atom is 0.328 e. The molecule has 4 rings (SSSR count). The number of carbonyl (C=O) groups is 2. The summed E-state index contributed by atoms with van der Waals surface area (Å²) in [6.45, 7) is 0.274. The fourth-order valence-corrected chi connectivity index (χ4v) is 3.56. The Morgan fingerprint density at radius 1 is 0.914 bits per heavy atom. The van der Waals surface area contributed by atoms with Gasteiger partial charge >= 0.3 is 5.97 Å². The van der Waals surface area contributed by atoms with E-state index in [1.807, 2.05) is 36.4 Å². The molecule has 0 saturated heterocycles. The number of hydrogen-bond donors (Lipinski definition) is 2. The summed E-state index contributed by atoms with van der Waals surface area (Å²) >= 11 is 0.